The van der Waals surface area contributed by atoms with Crippen LogP contribution in [0.4, 0.5) is 4.79 Å². The molecule has 0 bridgehead atoms. The molecule has 4 nitrogen and oxygen atoms in total. The fourth-order valence-electron chi connectivity index (χ4n) is 4.33. The Labute approximate surface area is 157 Å². The van der Waals surface area contributed by atoms with Crippen molar-refractivity contribution >= 4 is 11.7 Å². The zero-order valence-electron chi connectivity index (χ0n) is 16.1. The minimum atomic E-state index is -0.269. The van der Waals surface area contributed by atoms with E-state index < -0.39 is 0 Å². The minimum absolute atomic E-state index is 0.150. The summed E-state index contributed by atoms with van der Waals surface area (Å²) in [6, 6.07) is 6.60. The molecule has 2 aliphatic carbocycles. The van der Waals surface area contributed by atoms with Crippen molar-refractivity contribution < 1.29 is 14.3 Å². The number of alkyl carbamates (subject to hydrolysis) is 1. The van der Waals surface area contributed by atoms with E-state index in [1.54, 1.807) is 0 Å². The predicted molar refractivity (Wildman–Crippen MR) is 104 cm³/mol. The molecule has 0 aromatic heterocycles. The van der Waals surface area contributed by atoms with E-state index in [0.717, 1.165) is 50.7 Å². The summed E-state index contributed by atoms with van der Waals surface area (Å²) in [5.41, 5.74) is 4.06. The third kappa shape index (κ3) is 3.89. The lowest BCUT2D eigenvalue weighted by atomic mass is 9.68. The Morgan fingerprint density at radius 2 is 2.08 bits per heavy atom. The molecule has 0 saturated heterocycles. The Morgan fingerprint density at radius 1 is 1.31 bits per heavy atom. The summed E-state index contributed by atoms with van der Waals surface area (Å²) in [5.74, 6) is 0.946. The van der Waals surface area contributed by atoms with Crippen molar-refractivity contribution in [1.82, 2.24) is 5.32 Å². The second-order valence-corrected chi connectivity index (χ2v) is 7.60. The van der Waals surface area contributed by atoms with E-state index in [1.165, 1.54) is 16.7 Å². The van der Waals surface area contributed by atoms with Crippen molar-refractivity contribution in [3.05, 3.63) is 35.9 Å². The molecule has 1 aromatic rings. The SMILES string of the molecule is C=C1c2ccc(OCC)cc2CC12CCC(NC(=O)OCCCC)CC2. The Hall–Kier alpha value is -1.97. The average Bonchev–Trinajstić information content (AvgIpc) is 2.89. The molecule has 0 heterocycles. The van der Waals surface area contributed by atoms with Crippen LogP contribution >= 0.6 is 0 Å². The van der Waals surface area contributed by atoms with Gasteiger partial charge in [-0.15, -0.1) is 0 Å². The van der Waals surface area contributed by atoms with E-state index in [1.807, 2.05) is 13.0 Å². The molecule has 1 spiro atoms. The van der Waals surface area contributed by atoms with Crippen LogP contribution in [0.15, 0.2) is 24.8 Å². The van der Waals surface area contributed by atoms with Crippen LogP contribution in [0.5, 0.6) is 5.75 Å². The number of carbonyl (C=O) groups is 1. The molecule has 4 heteroatoms. The largest absolute Gasteiger partial charge is 0.494 e. The number of benzene rings is 1. The smallest absolute Gasteiger partial charge is 0.407 e. The Bertz CT molecular complexity index is 659. The highest BCUT2D eigenvalue weighted by Gasteiger charge is 2.43. The summed E-state index contributed by atoms with van der Waals surface area (Å²) in [7, 11) is 0. The van der Waals surface area contributed by atoms with E-state index in [4.69, 9.17) is 9.47 Å². The van der Waals surface area contributed by atoms with Gasteiger partial charge in [0.05, 0.1) is 13.2 Å². The number of hydrogen-bond acceptors (Lipinski definition) is 3. The van der Waals surface area contributed by atoms with Crippen LogP contribution in [0.2, 0.25) is 0 Å². The van der Waals surface area contributed by atoms with E-state index >= 15 is 0 Å². The molecule has 26 heavy (non-hydrogen) atoms. The average molecular weight is 357 g/mol. The maximum Gasteiger partial charge on any atom is 0.407 e. The van der Waals surface area contributed by atoms with Gasteiger partial charge in [-0.1, -0.05) is 26.0 Å². The Balaban J connectivity index is 1.57. The molecule has 0 radical (unpaired) electrons. The van der Waals surface area contributed by atoms with Gasteiger partial charge in [0, 0.05) is 6.04 Å². The lowest BCUT2D eigenvalue weighted by Gasteiger charge is -2.38. The first-order chi connectivity index (χ1) is 12.6. The predicted octanol–water partition coefficient (Wildman–Crippen LogP) is 5.11. The topological polar surface area (TPSA) is 47.6 Å². The number of ether oxygens (including phenoxy) is 2. The number of allylic oxidation sites excluding steroid dienone is 1. The van der Waals surface area contributed by atoms with Gasteiger partial charge in [-0.3, -0.25) is 0 Å². The summed E-state index contributed by atoms with van der Waals surface area (Å²) < 4.78 is 10.9. The van der Waals surface area contributed by atoms with Crippen LogP contribution in [-0.4, -0.2) is 25.3 Å². The summed E-state index contributed by atoms with van der Waals surface area (Å²) in [5, 5.41) is 3.04. The van der Waals surface area contributed by atoms with Crippen LogP contribution < -0.4 is 10.1 Å². The van der Waals surface area contributed by atoms with Gasteiger partial charge in [0.15, 0.2) is 0 Å². The van der Waals surface area contributed by atoms with Crippen molar-refractivity contribution in [1.29, 1.82) is 0 Å². The molecule has 0 aliphatic heterocycles. The fraction of sp³-hybridized carbons (Fsp3) is 0.591. The molecular weight excluding hydrogens is 326 g/mol. The Kier molecular flexibility index (Phi) is 5.90. The maximum absolute atomic E-state index is 11.9. The van der Waals surface area contributed by atoms with Crippen LogP contribution in [0.1, 0.15) is 63.5 Å². The molecule has 1 saturated carbocycles. The molecular formula is C22H31NO3. The molecule has 2 aliphatic rings. The zero-order valence-corrected chi connectivity index (χ0v) is 16.1. The Morgan fingerprint density at radius 3 is 2.77 bits per heavy atom. The van der Waals surface area contributed by atoms with Crippen LogP contribution in [0.25, 0.3) is 5.57 Å². The highest BCUT2D eigenvalue weighted by molar-refractivity contribution is 5.76. The first-order valence-corrected chi connectivity index (χ1v) is 9.96. The first-order valence-electron chi connectivity index (χ1n) is 9.96. The van der Waals surface area contributed by atoms with Crippen LogP contribution in [0.3, 0.4) is 0 Å². The third-order valence-corrected chi connectivity index (χ3v) is 5.88. The summed E-state index contributed by atoms with van der Waals surface area (Å²) in [6.45, 7) is 9.72. The molecule has 1 amide bonds. The van der Waals surface area contributed by atoms with Gasteiger partial charge in [-0.2, -0.15) is 0 Å². The number of fused-ring (bicyclic) bond motifs is 1. The van der Waals surface area contributed by atoms with Crippen molar-refractivity contribution in [2.24, 2.45) is 5.41 Å². The highest BCUT2D eigenvalue weighted by Crippen LogP contribution is 2.54. The second kappa shape index (κ2) is 8.15. The number of nitrogens with one attached hydrogen (secondary N) is 1. The quantitative estimate of drug-likeness (QED) is 0.720. The zero-order chi connectivity index (χ0) is 18.6. The summed E-state index contributed by atoms with van der Waals surface area (Å²) in [6.07, 6.45) is 6.80. The number of amides is 1. The number of rotatable bonds is 6. The van der Waals surface area contributed by atoms with Gasteiger partial charge in [0.2, 0.25) is 0 Å². The van der Waals surface area contributed by atoms with Gasteiger partial charge < -0.3 is 14.8 Å². The van der Waals surface area contributed by atoms with Crippen LogP contribution in [0, 0.1) is 5.41 Å². The van der Waals surface area contributed by atoms with Crippen molar-refractivity contribution in [2.75, 3.05) is 13.2 Å². The van der Waals surface area contributed by atoms with E-state index in [0.29, 0.717) is 13.2 Å². The van der Waals surface area contributed by atoms with Gasteiger partial charge in [0.1, 0.15) is 5.75 Å². The molecule has 0 atom stereocenters. The van der Waals surface area contributed by atoms with E-state index in [9.17, 15) is 4.79 Å². The van der Waals surface area contributed by atoms with Crippen LogP contribution in [-0.2, 0) is 11.2 Å². The first kappa shape index (κ1) is 18.8. The van der Waals surface area contributed by atoms with E-state index in [2.05, 4.69) is 31.0 Å². The van der Waals surface area contributed by atoms with Gasteiger partial charge >= 0.3 is 6.09 Å². The fourth-order valence-corrected chi connectivity index (χ4v) is 4.33. The lowest BCUT2D eigenvalue weighted by molar-refractivity contribution is 0.133. The standard InChI is InChI=1S/C22H31NO3/c1-4-6-13-26-21(24)23-18-9-11-22(12-10-18)15-17-14-19(25-5-2)7-8-20(17)16(22)3/h7-8,14,18H,3-6,9-13,15H2,1-2H3,(H,23,24). The van der Waals surface area contributed by atoms with Gasteiger partial charge in [-0.25, -0.2) is 4.79 Å². The molecule has 1 aromatic carbocycles. The molecule has 1 fully saturated rings. The van der Waals surface area contributed by atoms with Crippen molar-refractivity contribution in [3.8, 4) is 5.75 Å². The number of hydrogen-bond donors (Lipinski definition) is 1. The lowest BCUT2D eigenvalue weighted by Crippen LogP contribution is -2.41. The number of carbonyl (C=O) groups excluding carboxylic acids is 1. The van der Waals surface area contributed by atoms with Gasteiger partial charge in [0.25, 0.3) is 0 Å². The molecule has 0 unspecified atom stereocenters. The summed E-state index contributed by atoms with van der Waals surface area (Å²) in [4.78, 5) is 11.9. The van der Waals surface area contributed by atoms with Crippen molar-refractivity contribution in [2.45, 2.75) is 64.8 Å². The monoisotopic (exact) mass is 357 g/mol. The highest BCUT2D eigenvalue weighted by atomic mass is 16.5. The normalized spacial score (nSPS) is 24.4. The van der Waals surface area contributed by atoms with E-state index in [-0.39, 0.29) is 17.6 Å². The van der Waals surface area contributed by atoms with Gasteiger partial charge in [-0.05, 0) is 79.7 Å². The molecule has 3 rings (SSSR count). The second-order valence-electron chi connectivity index (χ2n) is 7.60. The molecule has 142 valence electrons. The summed E-state index contributed by atoms with van der Waals surface area (Å²) >= 11 is 0. The third-order valence-electron chi connectivity index (χ3n) is 5.88. The minimum Gasteiger partial charge on any atom is -0.494 e. The van der Waals surface area contributed by atoms with Crippen molar-refractivity contribution in [3.63, 3.8) is 0 Å². The molecule has 1 N–H and O–H groups in total. The number of unbranched alkanes of at least 4 members (excludes halogenated alkanes) is 1. The maximum atomic E-state index is 11.9.